The van der Waals surface area contributed by atoms with Crippen LogP contribution in [0.25, 0.3) is 0 Å². The average molecular weight is 251 g/mol. The predicted molar refractivity (Wildman–Crippen MR) is 63.5 cm³/mol. The van der Waals surface area contributed by atoms with Gasteiger partial charge in [-0.25, -0.2) is 8.78 Å². The molecular formula is C13H11F2NO2. The van der Waals surface area contributed by atoms with Crippen LogP contribution in [-0.2, 0) is 6.54 Å². The summed E-state index contributed by atoms with van der Waals surface area (Å²) in [5.74, 6) is -2.80. The standard InChI is InChI=1S/C13H11F2NO2/c14-11-5-8(6-12(15)13(11)18)7-16-9-1-3-10(17)4-2-9/h1-6,16-18H,7H2. The highest BCUT2D eigenvalue weighted by Crippen LogP contribution is 2.22. The minimum absolute atomic E-state index is 0.141. The third kappa shape index (κ3) is 2.68. The third-order valence-electron chi connectivity index (χ3n) is 2.44. The smallest absolute Gasteiger partial charge is 0.187 e. The van der Waals surface area contributed by atoms with E-state index in [1.165, 1.54) is 12.1 Å². The van der Waals surface area contributed by atoms with Crippen molar-refractivity contribution < 1.29 is 19.0 Å². The van der Waals surface area contributed by atoms with Gasteiger partial charge in [-0.2, -0.15) is 0 Å². The Kier molecular flexibility index (Phi) is 3.32. The molecule has 0 unspecified atom stereocenters. The van der Waals surface area contributed by atoms with E-state index in [0.29, 0.717) is 11.3 Å². The van der Waals surface area contributed by atoms with Crippen LogP contribution < -0.4 is 5.32 Å². The van der Waals surface area contributed by atoms with Crippen molar-refractivity contribution in [3.63, 3.8) is 0 Å². The number of halogens is 2. The molecule has 0 aliphatic heterocycles. The van der Waals surface area contributed by atoms with E-state index in [-0.39, 0.29) is 12.3 Å². The molecule has 0 saturated heterocycles. The molecule has 3 nitrogen and oxygen atoms in total. The number of hydrogen-bond donors (Lipinski definition) is 3. The molecule has 0 spiro atoms. The molecule has 0 amide bonds. The van der Waals surface area contributed by atoms with E-state index in [1.807, 2.05) is 0 Å². The second-order valence-corrected chi connectivity index (χ2v) is 3.81. The van der Waals surface area contributed by atoms with Crippen LogP contribution in [0.1, 0.15) is 5.56 Å². The zero-order valence-electron chi connectivity index (χ0n) is 9.32. The molecule has 0 bridgehead atoms. The molecule has 0 fully saturated rings. The van der Waals surface area contributed by atoms with Crippen LogP contribution in [0.3, 0.4) is 0 Å². The van der Waals surface area contributed by atoms with Gasteiger partial charge in [0.25, 0.3) is 0 Å². The molecule has 0 aliphatic rings. The van der Waals surface area contributed by atoms with Gasteiger partial charge in [-0.15, -0.1) is 0 Å². The first kappa shape index (κ1) is 12.2. The first-order valence-corrected chi connectivity index (χ1v) is 5.26. The van der Waals surface area contributed by atoms with Crippen molar-refractivity contribution in [1.82, 2.24) is 0 Å². The molecular weight excluding hydrogens is 240 g/mol. The van der Waals surface area contributed by atoms with E-state index in [1.54, 1.807) is 12.1 Å². The molecule has 0 saturated carbocycles. The second kappa shape index (κ2) is 4.91. The van der Waals surface area contributed by atoms with Crippen LogP contribution in [0, 0.1) is 11.6 Å². The SMILES string of the molecule is Oc1ccc(NCc2cc(F)c(O)c(F)c2)cc1. The maximum atomic E-state index is 13.1. The molecule has 5 heteroatoms. The quantitative estimate of drug-likeness (QED) is 0.735. The monoisotopic (exact) mass is 251 g/mol. The van der Waals surface area contributed by atoms with Crippen molar-refractivity contribution in [2.24, 2.45) is 0 Å². The average Bonchev–Trinajstić information content (AvgIpc) is 2.35. The van der Waals surface area contributed by atoms with Crippen molar-refractivity contribution in [2.45, 2.75) is 6.54 Å². The minimum Gasteiger partial charge on any atom is -0.508 e. The molecule has 2 aromatic carbocycles. The van der Waals surface area contributed by atoms with Crippen molar-refractivity contribution in [3.05, 3.63) is 53.6 Å². The van der Waals surface area contributed by atoms with Crippen LogP contribution in [0.15, 0.2) is 36.4 Å². The molecule has 0 aromatic heterocycles. The lowest BCUT2D eigenvalue weighted by Gasteiger charge is -2.07. The van der Waals surface area contributed by atoms with Crippen molar-refractivity contribution >= 4 is 5.69 Å². The summed E-state index contributed by atoms with van der Waals surface area (Å²) in [4.78, 5) is 0. The number of hydrogen-bond acceptors (Lipinski definition) is 3. The molecule has 0 heterocycles. The van der Waals surface area contributed by atoms with Gasteiger partial charge in [0.15, 0.2) is 17.4 Å². The van der Waals surface area contributed by atoms with Gasteiger partial charge in [-0.1, -0.05) is 0 Å². The van der Waals surface area contributed by atoms with Crippen LogP contribution in [-0.4, -0.2) is 10.2 Å². The number of aromatic hydroxyl groups is 2. The summed E-state index contributed by atoms with van der Waals surface area (Å²) in [5, 5.41) is 21.0. The van der Waals surface area contributed by atoms with E-state index in [9.17, 15) is 8.78 Å². The van der Waals surface area contributed by atoms with Gasteiger partial charge < -0.3 is 15.5 Å². The normalized spacial score (nSPS) is 10.3. The molecule has 2 aromatic rings. The summed E-state index contributed by atoms with van der Waals surface area (Å²) >= 11 is 0. The van der Waals surface area contributed by atoms with E-state index in [4.69, 9.17) is 10.2 Å². The number of nitrogens with one attached hydrogen (secondary N) is 1. The molecule has 3 N–H and O–H groups in total. The lowest BCUT2D eigenvalue weighted by molar-refractivity contribution is 0.395. The molecule has 0 atom stereocenters. The molecule has 18 heavy (non-hydrogen) atoms. The Morgan fingerprint density at radius 2 is 1.50 bits per heavy atom. The Morgan fingerprint density at radius 3 is 2.06 bits per heavy atom. The molecule has 0 aliphatic carbocycles. The minimum atomic E-state index is -0.988. The predicted octanol–water partition coefficient (Wildman–Crippen LogP) is 2.99. The fraction of sp³-hybridized carbons (Fsp3) is 0.0769. The van der Waals surface area contributed by atoms with Gasteiger partial charge in [0.1, 0.15) is 5.75 Å². The summed E-state index contributed by atoms with van der Waals surface area (Å²) in [6.45, 7) is 0.207. The molecule has 2 rings (SSSR count). The molecule has 0 radical (unpaired) electrons. The van der Waals surface area contributed by atoms with E-state index in [2.05, 4.69) is 5.32 Å². The maximum absolute atomic E-state index is 13.1. The van der Waals surface area contributed by atoms with Crippen molar-refractivity contribution in [1.29, 1.82) is 0 Å². The number of benzene rings is 2. The Labute approximate surface area is 102 Å². The third-order valence-corrected chi connectivity index (χ3v) is 2.44. The maximum Gasteiger partial charge on any atom is 0.187 e. The highest BCUT2D eigenvalue weighted by Gasteiger charge is 2.09. The van der Waals surface area contributed by atoms with Gasteiger partial charge in [-0.05, 0) is 42.0 Å². The number of phenolic OH excluding ortho intramolecular Hbond substituents is 2. The number of anilines is 1. The summed E-state index contributed by atoms with van der Waals surface area (Å²) in [7, 11) is 0. The van der Waals surface area contributed by atoms with Gasteiger partial charge in [0.2, 0.25) is 0 Å². The summed E-state index contributed by atoms with van der Waals surface area (Å²) < 4.78 is 26.1. The zero-order chi connectivity index (χ0) is 13.1. The van der Waals surface area contributed by atoms with Gasteiger partial charge >= 0.3 is 0 Å². The Morgan fingerprint density at radius 1 is 0.944 bits per heavy atom. The Bertz CT molecular complexity index is 532. The fourth-order valence-corrected chi connectivity index (χ4v) is 1.50. The highest BCUT2D eigenvalue weighted by atomic mass is 19.1. The van der Waals surface area contributed by atoms with Gasteiger partial charge in [0, 0.05) is 12.2 Å². The van der Waals surface area contributed by atoms with Crippen LogP contribution >= 0.6 is 0 Å². The highest BCUT2D eigenvalue weighted by molar-refractivity contribution is 5.46. The first-order chi connectivity index (χ1) is 8.56. The number of rotatable bonds is 3. The number of phenols is 2. The molecule has 94 valence electrons. The fourth-order valence-electron chi connectivity index (χ4n) is 1.50. The van der Waals surface area contributed by atoms with Crippen molar-refractivity contribution in [3.8, 4) is 11.5 Å². The van der Waals surface area contributed by atoms with E-state index < -0.39 is 17.4 Å². The van der Waals surface area contributed by atoms with Crippen LogP contribution in [0.4, 0.5) is 14.5 Å². The van der Waals surface area contributed by atoms with E-state index >= 15 is 0 Å². The zero-order valence-corrected chi connectivity index (χ0v) is 9.32. The topological polar surface area (TPSA) is 52.5 Å². The van der Waals surface area contributed by atoms with Crippen LogP contribution in [0.5, 0.6) is 11.5 Å². The van der Waals surface area contributed by atoms with E-state index in [0.717, 1.165) is 12.1 Å². The Balaban J connectivity index is 2.08. The van der Waals surface area contributed by atoms with Crippen LogP contribution in [0.2, 0.25) is 0 Å². The largest absolute Gasteiger partial charge is 0.508 e. The lowest BCUT2D eigenvalue weighted by atomic mass is 10.2. The van der Waals surface area contributed by atoms with Gasteiger partial charge in [-0.3, -0.25) is 0 Å². The first-order valence-electron chi connectivity index (χ1n) is 5.26. The summed E-state index contributed by atoms with van der Waals surface area (Å²) in [5.41, 5.74) is 1.08. The second-order valence-electron chi connectivity index (χ2n) is 3.81. The Hall–Kier alpha value is -2.30. The lowest BCUT2D eigenvalue weighted by Crippen LogP contribution is -2.00. The van der Waals surface area contributed by atoms with Crippen molar-refractivity contribution in [2.75, 3.05) is 5.32 Å². The summed E-state index contributed by atoms with van der Waals surface area (Å²) in [6, 6.07) is 8.41. The van der Waals surface area contributed by atoms with Gasteiger partial charge in [0.05, 0.1) is 0 Å². The summed E-state index contributed by atoms with van der Waals surface area (Å²) in [6.07, 6.45) is 0.